The summed E-state index contributed by atoms with van der Waals surface area (Å²) < 4.78 is 42.1. The van der Waals surface area contributed by atoms with Gasteiger partial charge in [0.05, 0.1) is 17.0 Å². The van der Waals surface area contributed by atoms with Gasteiger partial charge in [-0.05, 0) is 48.5 Å². The zero-order chi connectivity index (χ0) is 25.4. The molecule has 0 saturated heterocycles. The van der Waals surface area contributed by atoms with Crippen molar-refractivity contribution in [2.75, 3.05) is 11.1 Å². The number of nitrogens with zero attached hydrogens (tertiary/aromatic N) is 2. The Kier molecular flexibility index (Phi) is 6.35. The molecular weight excluding hydrogens is 557 g/mol. The number of rotatable bonds is 5. The van der Waals surface area contributed by atoms with Crippen LogP contribution in [0.15, 0.2) is 87.2 Å². The minimum atomic E-state index is -4.59. The highest BCUT2D eigenvalue weighted by molar-refractivity contribution is 9.10. The first-order chi connectivity index (χ1) is 17.2. The Labute approximate surface area is 214 Å². The molecule has 182 valence electrons. The quantitative estimate of drug-likeness (QED) is 0.189. The molecule has 6 nitrogen and oxygen atoms in total. The SMILES string of the molecule is O=C(CSc1nc2c([nH]c3ccccc32)c(=O)n1-c1cccc(C(F)(F)F)c1)Nc1ccc(Br)cc1. The highest BCUT2D eigenvalue weighted by Gasteiger charge is 2.31. The van der Waals surface area contributed by atoms with Crippen LogP contribution in [0, 0.1) is 0 Å². The van der Waals surface area contributed by atoms with Gasteiger partial charge in [-0.15, -0.1) is 0 Å². The van der Waals surface area contributed by atoms with E-state index in [2.05, 4.69) is 31.2 Å². The average Bonchev–Trinajstić information content (AvgIpc) is 3.23. The van der Waals surface area contributed by atoms with Crippen LogP contribution in [0.2, 0.25) is 0 Å². The minimum Gasteiger partial charge on any atom is -0.349 e. The molecule has 11 heteroatoms. The van der Waals surface area contributed by atoms with Crippen LogP contribution in [0.25, 0.3) is 27.6 Å². The third-order valence-corrected chi connectivity index (χ3v) is 6.85. The van der Waals surface area contributed by atoms with Gasteiger partial charge in [0.2, 0.25) is 5.91 Å². The zero-order valence-corrected chi connectivity index (χ0v) is 20.7. The molecule has 0 fully saturated rings. The number of H-pyrrole nitrogens is 1. The lowest BCUT2D eigenvalue weighted by atomic mass is 10.2. The van der Waals surface area contributed by atoms with E-state index in [-0.39, 0.29) is 28.0 Å². The molecule has 0 bridgehead atoms. The van der Waals surface area contributed by atoms with E-state index in [1.807, 2.05) is 0 Å². The maximum atomic E-state index is 13.5. The molecule has 0 unspecified atom stereocenters. The van der Waals surface area contributed by atoms with Crippen LogP contribution in [-0.4, -0.2) is 26.2 Å². The van der Waals surface area contributed by atoms with Crippen molar-refractivity contribution in [3.05, 3.63) is 93.2 Å². The van der Waals surface area contributed by atoms with Crippen molar-refractivity contribution in [1.82, 2.24) is 14.5 Å². The number of hydrogen-bond donors (Lipinski definition) is 2. The topological polar surface area (TPSA) is 79.8 Å². The van der Waals surface area contributed by atoms with Crippen molar-refractivity contribution in [1.29, 1.82) is 0 Å². The van der Waals surface area contributed by atoms with Gasteiger partial charge in [0, 0.05) is 21.1 Å². The number of carbonyl (C=O) groups is 1. The molecule has 5 rings (SSSR count). The summed E-state index contributed by atoms with van der Waals surface area (Å²) in [6.07, 6.45) is -4.59. The Hall–Kier alpha value is -3.57. The Morgan fingerprint density at radius 1 is 1.06 bits per heavy atom. The lowest BCUT2D eigenvalue weighted by Gasteiger charge is -2.14. The Morgan fingerprint density at radius 3 is 2.56 bits per heavy atom. The Balaban J connectivity index is 1.58. The summed E-state index contributed by atoms with van der Waals surface area (Å²) in [5, 5.41) is 3.55. The number of alkyl halides is 3. The van der Waals surface area contributed by atoms with Gasteiger partial charge in [-0.1, -0.05) is 52.0 Å². The van der Waals surface area contributed by atoms with Crippen molar-refractivity contribution >= 4 is 61.2 Å². The maximum Gasteiger partial charge on any atom is 0.416 e. The smallest absolute Gasteiger partial charge is 0.349 e. The molecule has 36 heavy (non-hydrogen) atoms. The van der Waals surface area contributed by atoms with Crippen LogP contribution < -0.4 is 10.9 Å². The average molecular weight is 573 g/mol. The molecule has 0 atom stereocenters. The van der Waals surface area contributed by atoms with Gasteiger partial charge in [0.15, 0.2) is 5.16 Å². The Morgan fingerprint density at radius 2 is 1.81 bits per heavy atom. The predicted molar refractivity (Wildman–Crippen MR) is 138 cm³/mol. The van der Waals surface area contributed by atoms with Crippen LogP contribution in [0.5, 0.6) is 0 Å². The molecule has 1 amide bonds. The molecular formula is C25H16BrF3N4O2S. The fraction of sp³-hybridized carbons (Fsp3) is 0.0800. The standard InChI is InChI=1S/C25H16BrF3N4O2S/c26-15-8-10-16(11-9-15)30-20(34)13-36-24-32-21-18-6-1-2-7-19(18)31-22(21)23(35)33(24)17-5-3-4-14(12-17)25(27,28)29/h1-12,31H,13H2,(H,30,34). The number of hydrogen-bond acceptors (Lipinski definition) is 4. The van der Waals surface area contributed by atoms with Crippen molar-refractivity contribution in [3.63, 3.8) is 0 Å². The third-order valence-electron chi connectivity index (χ3n) is 5.39. The molecule has 0 aliphatic carbocycles. The van der Waals surface area contributed by atoms with E-state index in [1.54, 1.807) is 48.5 Å². The fourth-order valence-electron chi connectivity index (χ4n) is 3.75. The summed E-state index contributed by atoms with van der Waals surface area (Å²) in [5.74, 6) is -0.471. The maximum absolute atomic E-state index is 13.5. The predicted octanol–water partition coefficient (Wildman–Crippen LogP) is 6.38. The van der Waals surface area contributed by atoms with Crippen molar-refractivity contribution in [2.24, 2.45) is 0 Å². The molecule has 5 aromatic rings. The van der Waals surface area contributed by atoms with Gasteiger partial charge in [0.1, 0.15) is 11.0 Å². The van der Waals surface area contributed by atoms with E-state index in [4.69, 9.17) is 0 Å². The molecule has 2 heterocycles. The minimum absolute atomic E-state index is 0.00120. The molecule has 0 aliphatic heterocycles. The number of nitrogens with one attached hydrogen (secondary N) is 2. The first-order valence-corrected chi connectivity index (χ1v) is 12.4. The third kappa shape index (κ3) is 4.76. The van der Waals surface area contributed by atoms with Gasteiger partial charge in [0.25, 0.3) is 5.56 Å². The first kappa shape index (κ1) is 24.1. The van der Waals surface area contributed by atoms with E-state index < -0.39 is 17.3 Å². The van der Waals surface area contributed by atoms with Gasteiger partial charge >= 0.3 is 6.18 Å². The number of aromatic amines is 1. The van der Waals surface area contributed by atoms with Crippen LogP contribution in [-0.2, 0) is 11.0 Å². The number of para-hydroxylation sites is 1. The zero-order valence-electron chi connectivity index (χ0n) is 18.3. The number of halogens is 4. The second-order valence-electron chi connectivity index (χ2n) is 7.82. The van der Waals surface area contributed by atoms with Gasteiger partial charge < -0.3 is 10.3 Å². The van der Waals surface area contributed by atoms with E-state index in [9.17, 15) is 22.8 Å². The molecule has 0 spiro atoms. The summed E-state index contributed by atoms with van der Waals surface area (Å²) in [7, 11) is 0. The number of benzene rings is 3. The van der Waals surface area contributed by atoms with Gasteiger partial charge in [-0.2, -0.15) is 13.2 Å². The van der Waals surface area contributed by atoms with E-state index >= 15 is 0 Å². The number of aromatic nitrogens is 3. The van der Waals surface area contributed by atoms with Crippen LogP contribution >= 0.6 is 27.7 Å². The van der Waals surface area contributed by atoms with Crippen LogP contribution in [0.1, 0.15) is 5.56 Å². The highest BCUT2D eigenvalue weighted by atomic mass is 79.9. The summed E-state index contributed by atoms with van der Waals surface area (Å²) >= 11 is 4.29. The van der Waals surface area contributed by atoms with Crippen LogP contribution in [0.3, 0.4) is 0 Å². The fourth-order valence-corrected chi connectivity index (χ4v) is 4.82. The lowest BCUT2D eigenvalue weighted by Crippen LogP contribution is -2.23. The number of thioether (sulfide) groups is 1. The number of amides is 1. The van der Waals surface area contributed by atoms with Gasteiger partial charge in [-0.25, -0.2) is 4.98 Å². The number of carbonyl (C=O) groups excluding carboxylic acids is 1. The summed E-state index contributed by atoms with van der Waals surface area (Å²) in [6.45, 7) is 0. The molecule has 0 saturated carbocycles. The molecule has 0 radical (unpaired) electrons. The van der Waals surface area contributed by atoms with E-state index in [1.165, 1.54) is 12.1 Å². The number of fused-ring (bicyclic) bond motifs is 3. The molecule has 2 aromatic heterocycles. The van der Waals surface area contributed by atoms with E-state index in [0.717, 1.165) is 32.9 Å². The number of anilines is 1. The van der Waals surface area contributed by atoms with E-state index in [0.29, 0.717) is 22.1 Å². The highest BCUT2D eigenvalue weighted by Crippen LogP contribution is 2.32. The second kappa shape index (κ2) is 9.47. The van der Waals surface area contributed by atoms with Crippen molar-refractivity contribution in [2.45, 2.75) is 11.3 Å². The lowest BCUT2D eigenvalue weighted by molar-refractivity contribution is -0.137. The van der Waals surface area contributed by atoms with Crippen LogP contribution in [0.4, 0.5) is 18.9 Å². The molecule has 2 N–H and O–H groups in total. The first-order valence-electron chi connectivity index (χ1n) is 10.6. The Bertz CT molecular complexity index is 1660. The van der Waals surface area contributed by atoms with Crippen molar-refractivity contribution in [3.8, 4) is 5.69 Å². The molecule has 0 aliphatic rings. The summed E-state index contributed by atoms with van der Waals surface area (Å²) in [6, 6.07) is 18.6. The largest absolute Gasteiger partial charge is 0.416 e. The van der Waals surface area contributed by atoms with Gasteiger partial charge in [-0.3, -0.25) is 14.2 Å². The second-order valence-corrected chi connectivity index (χ2v) is 9.68. The normalized spacial score (nSPS) is 11.8. The summed E-state index contributed by atoms with van der Waals surface area (Å²) in [5.41, 5.74) is 0.339. The monoisotopic (exact) mass is 572 g/mol. The molecule has 3 aromatic carbocycles. The summed E-state index contributed by atoms with van der Waals surface area (Å²) in [4.78, 5) is 33.8. The van der Waals surface area contributed by atoms with Crippen molar-refractivity contribution < 1.29 is 18.0 Å².